The third-order valence-electron chi connectivity index (χ3n) is 4.81. The van der Waals surface area contributed by atoms with Crippen LogP contribution in [0.15, 0.2) is 72.8 Å². The molecule has 3 aromatic rings. The molecule has 28 heavy (non-hydrogen) atoms. The minimum absolute atomic E-state index is 0.0169. The van der Waals surface area contributed by atoms with E-state index in [2.05, 4.69) is 38.2 Å². The SMILES string of the molecule is COc1ccc(C(C)(C)C)cc1NC(=O)c1ccccc1Cc1ccccc1. The Kier molecular flexibility index (Phi) is 5.84. The Hall–Kier alpha value is -3.07. The number of rotatable bonds is 5. The van der Waals surface area contributed by atoms with Crippen LogP contribution in [0.3, 0.4) is 0 Å². The number of carbonyl (C=O) groups excluding carboxylic acids is 1. The van der Waals surface area contributed by atoms with Crippen LogP contribution < -0.4 is 10.1 Å². The first-order valence-electron chi connectivity index (χ1n) is 9.50. The normalized spacial score (nSPS) is 11.1. The van der Waals surface area contributed by atoms with Crippen molar-refractivity contribution in [3.8, 4) is 5.75 Å². The number of anilines is 1. The van der Waals surface area contributed by atoms with Crippen LogP contribution in [0.1, 0.15) is 47.8 Å². The Balaban J connectivity index is 1.90. The Labute approximate surface area is 167 Å². The van der Waals surface area contributed by atoms with Gasteiger partial charge < -0.3 is 10.1 Å². The van der Waals surface area contributed by atoms with E-state index in [-0.39, 0.29) is 11.3 Å². The fraction of sp³-hybridized carbons (Fsp3) is 0.240. The molecule has 0 radical (unpaired) electrons. The number of benzene rings is 3. The molecule has 3 aromatic carbocycles. The summed E-state index contributed by atoms with van der Waals surface area (Å²) in [5.41, 5.74) is 4.66. The highest BCUT2D eigenvalue weighted by Crippen LogP contribution is 2.32. The van der Waals surface area contributed by atoms with Gasteiger partial charge in [-0.25, -0.2) is 0 Å². The third-order valence-corrected chi connectivity index (χ3v) is 4.81. The van der Waals surface area contributed by atoms with Gasteiger partial charge in [0.25, 0.3) is 5.91 Å². The van der Waals surface area contributed by atoms with Crippen molar-refractivity contribution < 1.29 is 9.53 Å². The first kappa shape index (κ1) is 19.7. The predicted octanol–water partition coefficient (Wildman–Crippen LogP) is 5.84. The highest BCUT2D eigenvalue weighted by Gasteiger charge is 2.18. The molecule has 0 unspecified atom stereocenters. The van der Waals surface area contributed by atoms with Crippen molar-refractivity contribution in [2.45, 2.75) is 32.6 Å². The number of hydrogen-bond acceptors (Lipinski definition) is 2. The average molecular weight is 373 g/mol. The molecule has 0 aromatic heterocycles. The molecule has 0 spiro atoms. The molecule has 0 saturated carbocycles. The largest absolute Gasteiger partial charge is 0.495 e. The summed E-state index contributed by atoms with van der Waals surface area (Å²) < 4.78 is 5.46. The number of hydrogen-bond donors (Lipinski definition) is 1. The predicted molar refractivity (Wildman–Crippen MR) is 115 cm³/mol. The van der Waals surface area contributed by atoms with Crippen molar-refractivity contribution in [3.05, 3.63) is 95.1 Å². The van der Waals surface area contributed by atoms with Crippen LogP contribution in [0.2, 0.25) is 0 Å². The first-order chi connectivity index (χ1) is 13.4. The molecule has 0 bridgehead atoms. The molecule has 3 heteroatoms. The highest BCUT2D eigenvalue weighted by atomic mass is 16.5. The summed E-state index contributed by atoms with van der Waals surface area (Å²) in [5.74, 6) is 0.526. The number of carbonyl (C=O) groups is 1. The van der Waals surface area contributed by atoms with Gasteiger partial charge in [0, 0.05) is 5.56 Å². The highest BCUT2D eigenvalue weighted by molar-refractivity contribution is 6.06. The van der Waals surface area contributed by atoms with E-state index in [0.717, 1.165) is 11.1 Å². The number of nitrogens with one attached hydrogen (secondary N) is 1. The van der Waals surface area contributed by atoms with E-state index in [9.17, 15) is 4.79 Å². The molecule has 1 amide bonds. The quantitative estimate of drug-likeness (QED) is 0.610. The number of methoxy groups -OCH3 is 1. The van der Waals surface area contributed by atoms with Crippen LogP contribution in [0.4, 0.5) is 5.69 Å². The molecule has 0 saturated heterocycles. The van der Waals surface area contributed by atoms with Crippen molar-refractivity contribution >= 4 is 11.6 Å². The zero-order valence-electron chi connectivity index (χ0n) is 17.0. The lowest BCUT2D eigenvalue weighted by atomic mass is 9.87. The number of amides is 1. The van der Waals surface area contributed by atoms with E-state index >= 15 is 0 Å². The molecular weight excluding hydrogens is 346 g/mol. The summed E-state index contributed by atoms with van der Waals surface area (Å²) in [6.07, 6.45) is 0.712. The van der Waals surface area contributed by atoms with Crippen LogP contribution >= 0.6 is 0 Å². The molecule has 3 rings (SSSR count). The standard InChI is InChI=1S/C25H27NO2/c1-25(2,3)20-14-15-23(28-4)22(17-20)26-24(27)21-13-9-8-12-19(21)16-18-10-6-5-7-11-18/h5-15,17H,16H2,1-4H3,(H,26,27). The van der Waals surface area contributed by atoms with Gasteiger partial charge in [-0.1, -0.05) is 75.4 Å². The van der Waals surface area contributed by atoms with Crippen molar-refractivity contribution in [1.29, 1.82) is 0 Å². The van der Waals surface area contributed by atoms with Gasteiger partial charge in [0.15, 0.2) is 0 Å². The van der Waals surface area contributed by atoms with E-state index in [1.54, 1.807) is 7.11 Å². The second-order valence-corrected chi connectivity index (χ2v) is 7.94. The van der Waals surface area contributed by atoms with Crippen LogP contribution in [0.25, 0.3) is 0 Å². The molecule has 0 atom stereocenters. The maximum atomic E-state index is 13.1. The fourth-order valence-electron chi connectivity index (χ4n) is 3.17. The van der Waals surface area contributed by atoms with Crippen molar-refractivity contribution in [1.82, 2.24) is 0 Å². The molecule has 0 heterocycles. The van der Waals surface area contributed by atoms with Crippen LogP contribution in [0.5, 0.6) is 5.75 Å². The number of ether oxygens (including phenoxy) is 1. The minimum atomic E-state index is -0.129. The Morgan fingerprint density at radius 1 is 0.929 bits per heavy atom. The summed E-state index contributed by atoms with van der Waals surface area (Å²) in [7, 11) is 1.62. The smallest absolute Gasteiger partial charge is 0.256 e. The van der Waals surface area contributed by atoms with Gasteiger partial charge in [0.1, 0.15) is 5.75 Å². The minimum Gasteiger partial charge on any atom is -0.495 e. The van der Waals surface area contributed by atoms with Gasteiger partial charge in [0.2, 0.25) is 0 Å². The van der Waals surface area contributed by atoms with E-state index < -0.39 is 0 Å². The second-order valence-electron chi connectivity index (χ2n) is 7.94. The van der Waals surface area contributed by atoms with Gasteiger partial charge in [-0.3, -0.25) is 4.79 Å². The topological polar surface area (TPSA) is 38.3 Å². The summed E-state index contributed by atoms with van der Waals surface area (Å²) in [4.78, 5) is 13.1. The Morgan fingerprint density at radius 2 is 1.61 bits per heavy atom. The van der Waals surface area contributed by atoms with Crippen LogP contribution in [0, 0.1) is 0 Å². The monoisotopic (exact) mass is 373 g/mol. The first-order valence-corrected chi connectivity index (χ1v) is 9.50. The van der Waals surface area contributed by atoms with Crippen molar-refractivity contribution in [2.75, 3.05) is 12.4 Å². The van der Waals surface area contributed by atoms with Gasteiger partial charge in [-0.2, -0.15) is 0 Å². The summed E-state index contributed by atoms with van der Waals surface area (Å²) in [6, 6.07) is 23.9. The third kappa shape index (κ3) is 4.61. The maximum absolute atomic E-state index is 13.1. The molecule has 0 fully saturated rings. The van der Waals surface area contributed by atoms with E-state index in [0.29, 0.717) is 23.4 Å². The van der Waals surface area contributed by atoms with Gasteiger partial charge in [0.05, 0.1) is 12.8 Å². The van der Waals surface area contributed by atoms with Crippen molar-refractivity contribution in [3.63, 3.8) is 0 Å². The van der Waals surface area contributed by atoms with Gasteiger partial charge >= 0.3 is 0 Å². The molecular formula is C25H27NO2. The van der Waals surface area contributed by atoms with Crippen LogP contribution in [-0.2, 0) is 11.8 Å². The molecule has 0 aliphatic carbocycles. The van der Waals surface area contributed by atoms with Crippen LogP contribution in [-0.4, -0.2) is 13.0 Å². The Bertz CT molecular complexity index is 956. The molecule has 1 N–H and O–H groups in total. The maximum Gasteiger partial charge on any atom is 0.256 e. The zero-order valence-corrected chi connectivity index (χ0v) is 17.0. The lowest BCUT2D eigenvalue weighted by molar-refractivity contribution is 0.102. The van der Waals surface area contributed by atoms with Crippen molar-refractivity contribution in [2.24, 2.45) is 0 Å². The van der Waals surface area contributed by atoms with Gasteiger partial charge in [-0.05, 0) is 46.7 Å². The Morgan fingerprint density at radius 3 is 2.29 bits per heavy atom. The second kappa shape index (κ2) is 8.30. The fourth-order valence-corrected chi connectivity index (χ4v) is 3.17. The summed E-state index contributed by atoms with van der Waals surface area (Å²) in [5, 5.41) is 3.05. The molecule has 0 aliphatic heterocycles. The van der Waals surface area contributed by atoms with E-state index in [4.69, 9.17) is 4.74 Å². The summed E-state index contributed by atoms with van der Waals surface area (Å²) >= 11 is 0. The lowest BCUT2D eigenvalue weighted by Gasteiger charge is -2.21. The average Bonchev–Trinajstić information content (AvgIpc) is 2.68. The molecule has 3 nitrogen and oxygen atoms in total. The lowest BCUT2D eigenvalue weighted by Crippen LogP contribution is -2.17. The van der Waals surface area contributed by atoms with Gasteiger partial charge in [-0.15, -0.1) is 0 Å². The summed E-state index contributed by atoms with van der Waals surface area (Å²) in [6.45, 7) is 6.45. The van der Waals surface area contributed by atoms with E-state index in [1.165, 1.54) is 5.56 Å². The molecule has 0 aliphatic rings. The zero-order chi connectivity index (χ0) is 20.1. The molecule has 144 valence electrons. The van der Waals surface area contributed by atoms with E-state index in [1.807, 2.05) is 60.7 Å².